The van der Waals surface area contributed by atoms with Crippen LogP contribution < -0.4 is 21.7 Å². The first-order valence-corrected chi connectivity index (χ1v) is 15.3. The van der Waals surface area contributed by atoms with E-state index in [-0.39, 0.29) is 34.7 Å². The number of carboxylic acid groups (broad SMARTS) is 2. The summed E-state index contributed by atoms with van der Waals surface area (Å²) in [4.78, 5) is 65.5. The lowest BCUT2D eigenvalue weighted by Crippen LogP contribution is -2.29. The van der Waals surface area contributed by atoms with Gasteiger partial charge in [-0.15, -0.1) is 0 Å². The number of carboxylic acids is 2. The molecule has 3 N–H and O–H groups in total. The van der Waals surface area contributed by atoms with Crippen LogP contribution in [0.1, 0.15) is 51.4 Å². The van der Waals surface area contributed by atoms with E-state index in [1.807, 2.05) is 6.07 Å². The predicted octanol–water partition coefficient (Wildman–Crippen LogP) is 2.55. The van der Waals surface area contributed by atoms with Crippen LogP contribution in [-0.2, 0) is 36.8 Å². The third kappa shape index (κ3) is 6.59. The minimum absolute atomic E-state index is 0.0962. The van der Waals surface area contributed by atoms with E-state index in [0.717, 1.165) is 31.2 Å². The minimum atomic E-state index is -0.731. The number of imidazole rings is 2. The quantitative estimate of drug-likeness (QED) is 0.278. The average molecular weight is 625 g/mol. The van der Waals surface area contributed by atoms with Gasteiger partial charge < -0.3 is 19.9 Å². The molecule has 14 nitrogen and oxygen atoms in total. The summed E-state index contributed by atoms with van der Waals surface area (Å²) in [6, 6.07) is 6.63. The number of nitrogens with zero attached hydrogens (tertiary/aromatic N) is 5. The molecular formula is C31H40N6O8. The summed E-state index contributed by atoms with van der Waals surface area (Å²) in [6.07, 6.45) is 5.87. The second-order valence-corrected chi connectivity index (χ2v) is 12.3. The van der Waals surface area contributed by atoms with Gasteiger partial charge in [0, 0.05) is 39.3 Å². The zero-order chi connectivity index (χ0) is 32.4. The smallest absolute Gasteiger partial charge is 0.330 e. The molecule has 45 heavy (non-hydrogen) atoms. The van der Waals surface area contributed by atoms with E-state index >= 15 is 0 Å². The zero-order valence-electron chi connectivity index (χ0n) is 25.8. The number of nitrogens with one attached hydrogen (secondary N) is 1. The molecule has 0 bridgehead atoms. The van der Waals surface area contributed by atoms with Crippen LogP contribution in [0.3, 0.4) is 0 Å². The van der Waals surface area contributed by atoms with Gasteiger partial charge in [0.15, 0.2) is 5.65 Å². The van der Waals surface area contributed by atoms with Gasteiger partial charge in [-0.2, -0.15) is 4.98 Å². The summed E-state index contributed by atoms with van der Waals surface area (Å²) in [5.74, 6) is -0.896. The van der Waals surface area contributed by atoms with Gasteiger partial charge in [-0.25, -0.2) is 9.59 Å². The fourth-order valence-electron chi connectivity index (χ4n) is 6.72. The molecule has 0 aromatic carbocycles. The van der Waals surface area contributed by atoms with Crippen LogP contribution in [0.5, 0.6) is 5.88 Å². The molecule has 2 fully saturated rings. The summed E-state index contributed by atoms with van der Waals surface area (Å²) >= 11 is 0. The Morgan fingerprint density at radius 1 is 0.778 bits per heavy atom. The number of methoxy groups -OCH3 is 1. The molecule has 242 valence electrons. The third-order valence-corrected chi connectivity index (χ3v) is 9.47. The molecule has 2 saturated carbocycles. The van der Waals surface area contributed by atoms with Crippen molar-refractivity contribution in [3.05, 3.63) is 55.6 Å². The lowest BCUT2D eigenvalue weighted by Gasteiger charge is -2.26. The van der Waals surface area contributed by atoms with E-state index in [0.29, 0.717) is 67.4 Å². The number of rotatable bonds is 7. The van der Waals surface area contributed by atoms with Crippen LogP contribution >= 0.6 is 0 Å². The molecule has 0 radical (unpaired) electrons. The maximum absolute atomic E-state index is 12.5. The van der Waals surface area contributed by atoms with E-state index in [9.17, 15) is 24.0 Å². The van der Waals surface area contributed by atoms with Crippen molar-refractivity contribution < 1.29 is 24.5 Å². The third-order valence-electron chi connectivity index (χ3n) is 9.47. The number of pyridine rings is 2. The number of ether oxygens (including phenoxy) is 1. The number of aromatic nitrogens is 6. The van der Waals surface area contributed by atoms with Crippen molar-refractivity contribution in [3.63, 3.8) is 0 Å². The maximum Gasteiger partial charge on any atom is 0.330 e. The SMILES string of the molecule is COc1ccc2c(n1)n(CC1CCC(C(=O)O)CC1)c(=O)n2C.Cn1c(=O)n(CC2CCC(C(=O)O)CC2)c2[nH]c(=O)ccc21. The highest BCUT2D eigenvalue weighted by atomic mass is 16.5. The van der Waals surface area contributed by atoms with Gasteiger partial charge in [0.05, 0.1) is 30.0 Å². The highest BCUT2D eigenvalue weighted by Gasteiger charge is 2.28. The van der Waals surface area contributed by atoms with Crippen molar-refractivity contribution in [2.45, 2.75) is 64.5 Å². The van der Waals surface area contributed by atoms with Gasteiger partial charge in [0.25, 0.3) is 0 Å². The lowest BCUT2D eigenvalue weighted by atomic mass is 9.82. The van der Waals surface area contributed by atoms with E-state index in [4.69, 9.17) is 14.9 Å². The van der Waals surface area contributed by atoms with Gasteiger partial charge in [0.2, 0.25) is 11.4 Å². The van der Waals surface area contributed by atoms with Crippen molar-refractivity contribution in [3.8, 4) is 5.88 Å². The van der Waals surface area contributed by atoms with E-state index in [1.54, 1.807) is 47.0 Å². The van der Waals surface area contributed by atoms with Crippen molar-refractivity contribution >= 4 is 34.3 Å². The lowest BCUT2D eigenvalue weighted by molar-refractivity contribution is -0.144. The van der Waals surface area contributed by atoms with Gasteiger partial charge in [-0.05, 0) is 75.3 Å². The molecule has 2 aliphatic rings. The predicted molar refractivity (Wildman–Crippen MR) is 165 cm³/mol. The van der Waals surface area contributed by atoms with Gasteiger partial charge >= 0.3 is 23.3 Å². The first-order chi connectivity index (χ1) is 21.5. The van der Waals surface area contributed by atoms with E-state index in [1.165, 1.54) is 10.6 Å². The molecule has 14 heteroatoms. The molecule has 4 aromatic rings. The summed E-state index contributed by atoms with van der Waals surface area (Å²) in [5, 5.41) is 18.1. The van der Waals surface area contributed by atoms with Gasteiger partial charge in [0.1, 0.15) is 5.65 Å². The molecule has 0 unspecified atom stereocenters. The Balaban J connectivity index is 0.000000178. The maximum atomic E-state index is 12.5. The second-order valence-electron chi connectivity index (χ2n) is 12.3. The van der Waals surface area contributed by atoms with Crippen LogP contribution in [0, 0.1) is 23.7 Å². The first kappa shape index (κ1) is 31.8. The number of aliphatic carboxylic acids is 2. The van der Waals surface area contributed by atoms with Crippen LogP contribution in [0.25, 0.3) is 22.3 Å². The number of aryl methyl sites for hydroxylation is 2. The monoisotopic (exact) mass is 624 g/mol. The summed E-state index contributed by atoms with van der Waals surface area (Å²) in [5.41, 5.74) is 2.15. The molecule has 6 rings (SSSR count). The molecule has 0 aliphatic heterocycles. The number of fused-ring (bicyclic) bond motifs is 2. The Hall–Kier alpha value is -4.62. The fraction of sp³-hybridized carbons (Fsp3) is 0.548. The number of H-pyrrole nitrogens is 1. The van der Waals surface area contributed by atoms with Gasteiger partial charge in [-0.1, -0.05) is 0 Å². The first-order valence-electron chi connectivity index (χ1n) is 15.3. The van der Waals surface area contributed by atoms with Gasteiger partial charge in [-0.3, -0.25) is 32.7 Å². The number of hydrogen-bond donors (Lipinski definition) is 3. The zero-order valence-corrected chi connectivity index (χ0v) is 25.8. The Bertz CT molecular complexity index is 1880. The largest absolute Gasteiger partial charge is 0.481 e. The van der Waals surface area contributed by atoms with E-state index < -0.39 is 11.9 Å². The molecule has 0 spiro atoms. The molecule has 4 aromatic heterocycles. The Morgan fingerprint density at radius 3 is 1.80 bits per heavy atom. The molecular weight excluding hydrogens is 584 g/mol. The van der Waals surface area contributed by atoms with Crippen LogP contribution in [0.4, 0.5) is 0 Å². The van der Waals surface area contributed by atoms with Crippen molar-refractivity contribution in [1.29, 1.82) is 0 Å². The van der Waals surface area contributed by atoms with Crippen LogP contribution in [0.2, 0.25) is 0 Å². The standard InChI is InChI=1S/C16H21N3O4.C15H19N3O4/c1-18-12-7-8-13(23-2)17-14(12)19(16(18)22)9-10-3-5-11(6-4-10)15(20)21;1-17-11-6-7-12(19)16-13(11)18(15(17)22)8-9-2-4-10(5-3-9)14(20)21/h7-8,10-11H,3-6,9H2,1-2H3,(H,20,21);6-7,9-10H,2-5,8H2,1H3,(H,16,19)(H,20,21). The number of hydrogen-bond acceptors (Lipinski definition) is 7. The molecule has 0 saturated heterocycles. The summed E-state index contributed by atoms with van der Waals surface area (Å²) < 4.78 is 11.5. The summed E-state index contributed by atoms with van der Waals surface area (Å²) in [6.45, 7) is 1.09. The molecule has 2 aliphatic carbocycles. The van der Waals surface area contributed by atoms with Crippen LogP contribution in [0.15, 0.2) is 38.6 Å². The molecule has 0 atom stereocenters. The molecule has 0 amide bonds. The highest BCUT2D eigenvalue weighted by molar-refractivity contribution is 5.73. The second kappa shape index (κ2) is 13.2. The Kier molecular flexibility index (Phi) is 9.30. The topological polar surface area (TPSA) is 183 Å². The van der Waals surface area contributed by atoms with Crippen LogP contribution in [-0.4, -0.2) is 57.5 Å². The van der Waals surface area contributed by atoms with Crippen molar-refractivity contribution in [1.82, 2.24) is 28.2 Å². The highest BCUT2D eigenvalue weighted by Crippen LogP contribution is 2.31. The number of aromatic amines is 1. The fourth-order valence-corrected chi connectivity index (χ4v) is 6.72. The number of carbonyl (C=O) groups is 2. The van der Waals surface area contributed by atoms with Crippen molar-refractivity contribution in [2.24, 2.45) is 37.8 Å². The summed E-state index contributed by atoms with van der Waals surface area (Å²) in [7, 11) is 4.96. The normalized spacial score (nSPS) is 21.8. The Morgan fingerprint density at radius 2 is 1.27 bits per heavy atom. The van der Waals surface area contributed by atoms with Crippen molar-refractivity contribution in [2.75, 3.05) is 7.11 Å². The minimum Gasteiger partial charge on any atom is -0.481 e. The Labute approximate surface area is 257 Å². The average Bonchev–Trinajstić information content (AvgIpc) is 3.41. The molecule has 4 heterocycles. The van der Waals surface area contributed by atoms with E-state index in [2.05, 4.69) is 9.97 Å².